The Morgan fingerprint density at radius 2 is 2.17 bits per heavy atom. The van der Waals surface area contributed by atoms with E-state index in [1.165, 1.54) is 0 Å². The van der Waals surface area contributed by atoms with E-state index < -0.39 is 9.84 Å². The molecule has 1 aliphatic heterocycles. The number of amides is 1. The second kappa shape index (κ2) is 7.09. The quantitative estimate of drug-likeness (QED) is 0.721. The van der Waals surface area contributed by atoms with Crippen LogP contribution in [0, 0.1) is 0 Å². The van der Waals surface area contributed by atoms with Gasteiger partial charge in [-0.3, -0.25) is 4.79 Å². The Kier molecular flexibility index (Phi) is 6.08. The lowest BCUT2D eigenvalue weighted by atomic mass is 10.1. The van der Waals surface area contributed by atoms with Crippen LogP contribution in [-0.4, -0.2) is 57.0 Å². The number of sulfone groups is 1. The summed E-state index contributed by atoms with van der Waals surface area (Å²) in [5.74, 6) is -0.145. The molecule has 1 aliphatic rings. The van der Waals surface area contributed by atoms with Crippen molar-refractivity contribution < 1.29 is 17.9 Å². The smallest absolute Gasteiger partial charge is 0.223 e. The monoisotopic (exact) mass is 277 g/mol. The van der Waals surface area contributed by atoms with Crippen molar-refractivity contribution in [2.24, 2.45) is 0 Å². The molecule has 0 saturated carbocycles. The lowest BCUT2D eigenvalue weighted by molar-refractivity contribution is -0.134. The van der Waals surface area contributed by atoms with Crippen LogP contribution in [0.25, 0.3) is 0 Å². The number of rotatable bonds is 6. The maximum atomic E-state index is 11.9. The Labute approximate surface area is 109 Å². The van der Waals surface area contributed by atoms with E-state index in [2.05, 4.69) is 6.92 Å². The van der Waals surface area contributed by atoms with Crippen LogP contribution in [-0.2, 0) is 19.4 Å². The number of likely N-dealkylation sites (tertiary alicyclic amines) is 1. The zero-order valence-electron chi connectivity index (χ0n) is 11.2. The van der Waals surface area contributed by atoms with Gasteiger partial charge in [0, 0.05) is 32.4 Å². The number of nitrogens with zero attached hydrogens (tertiary/aromatic N) is 1. The number of carbonyl (C=O) groups excluding carboxylic acids is 1. The minimum Gasteiger partial charge on any atom is -0.376 e. The first-order valence-electron chi connectivity index (χ1n) is 6.49. The van der Waals surface area contributed by atoms with E-state index in [0.717, 1.165) is 32.1 Å². The van der Waals surface area contributed by atoms with Crippen molar-refractivity contribution in [2.75, 3.05) is 31.7 Å². The molecule has 1 saturated heterocycles. The Morgan fingerprint density at radius 1 is 1.44 bits per heavy atom. The van der Waals surface area contributed by atoms with Crippen molar-refractivity contribution in [3.63, 3.8) is 0 Å². The third kappa shape index (κ3) is 5.82. The minimum absolute atomic E-state index is 0.0666. The van der Waals surface area contributed by atoms with Gasteiger partial charge in [-0.05, 0) is 19.3 Å². The number of carbonyl (C=O) groups is 1. The predicted molar refractivity (Wildman–Crippen MR) is 70.2 cm³/mol. The largest absolute Gasteiger partial charge is 0.376 e. The average molecular weight is 277 g/mol. The number of piperidine rings is 1. The number of hydrogen-bond donors (Lipinski definition) is 0. The highest BCUT2D eigenvalue weighted by atomic mass is 32.2. The van der Waals surface area contributed by atoms with E-state index in [1.54, 1.807) is 4.90 Å². The van der Waals surface area contributed by atoms with Gasteiger partial charge in [0.25, 0.3) is 0 Å². The lowest BCUT2D eigenvalue weighted by Crippen LogP contribution is -2.43. The molecule has 1 heterocycles. The van der Waals surface area contributed by atoms with Crippen molar-refractivity contribution in [1.29, 1.82) is 0 Å². The summed E-state index contributed by atoms with van der Waals surface area (Å²) >= 11 is 0. The summed E-state index contributed by atoms with van der Waals surface area (Å²) in [6, 6.07) is 0. The highest BCUT2D eigenvalue weighted by Crippen LogP contribution is 2.14. The standard InChI is InChI=1S/C12H23NO4S/c1-3-8-17-11-5-4-7-13(10-11)12(14)6-9-18(2,15)16/h11H,3-10H2,1-2H3. The van der Waals surface area contributed by atoms with Crippen molar-refractivity contribution in [2.45, 2.75) is 38.7 Å². The second-order valence-electron chi connectivity index (χ2n) is 4.85. The third-order valence-electron chi connectivity index (χ3n) is 2.98. The van der Waals surface area contributed by atoms with E-state index in [4.69, 9.17) is 4.74 Å². The lowest BCUT2D eigenvalue weighted by Gasteiger charge is -2.32. The van der Waals surface area contributed by atoms with E-state index in [9.17, 15) is 13.2 Å². The molecule has 0 aromatic rings. The van der Waals surface area contributed by atoms with Crippen LogP contribution in [0.15, 0.2) is 0 Å². The van der Waals surface area contributed by atoms with E-state index >= 15 is 0 Å². The summed E-state index contributed by atoms with van der Waals surface area (Å²) in [7, 11) is -3.06. The molecular formula is C12H23NO4S. The van der Waals surface area contributed by atoms with Gasteiger partial charge in [-0.1, -0.05) is 6.92 Å². The van der Waals surface area contributed by atoms with Gasteiger partial charge in [-0.2, -0.15) is 0 Å². The van der Waals surface area contributed by atoms with Crippen molar-refractivity contribution >= 4 is 15.7 Å². The zero-order valence-corrected chi connectivity index (χ0v) is 12.0. The SMILES string of the molecule is CCCOC1CCCN(C(=O)CCS(C)(=O)=O)C1. The fraction of sp³-hybridized carbons (Fsp3) is 0.917. The fourth-order valence-corrected chi connectivity index (χ4v) is 2.56. The van der Waals surface area contributed by atoms with Gasteiger partial charge in [0.05, 0.1) is 11.9 Å². The maximum absolute atomic E-state index is 11.9. The molecule has 5 nitrogen and oxygen atoms in total. The molecule has 0 bridgehead atoms. The van der Waals surface area contributed by atoms with E-state index in [-0.39, 0.29) is 24.2 Å². The van der Waals surface area contributed by atoms with Gasteiger partial charge < -0.3 is 9.64 Å². The topological polar surface area (TPSA) is 63.7 Å². The molecule has 0 spiro atoms. The molecule has 1 amide bonds. The summed E-state index contributed by atoms with van der Waals surface area (Å²) < 4.78 is 27.7. The third-order valence-corrected chi connectivity index (χ3v) is 3.92. The molecule has 0 aromatic heterocycles. The van der Waals surface area contributed by atoms with Crippen LogP contribution >= 0.6 is 0 Å². The molecule has 0 aliphatic carbocycles. The van der Waals surface area contributed by atoms with Crippen LogP contribution in [0.2, 0.25) is 0 Å². The number of ether oxygens (including phenoxy) is 1. The van der Waals surface area contributed by atoms with E-state index in [1.807, 2.05) is 0 Å². The van der Waals surface area contributed by atoms with Gasteiger partial charge in [-0.25, -0.2) is 8.42 Å². The molecule has 1 fully saturated rings. The van der Waals surface area contributed by atoms with Crippen molar-refractivity contribution in [1.82, 2.24) is 4.90 Å². The normalized spacial score (nSPS) is 21.0. The van der Waals surface area contributed by atoms with Gasteiger partial charge in [0.15, 0.2) is 0 Å². The fourth-order valence-electron chi connectivity index (χ4n) is 2.02. The molecule has 0 N–H and O–H groups in total. The van der Waals surface area contributed by atoms with Crippen LogP contribution < -0.4 is 0 Å². The summed E-state index contributed by atoms with van der Waals surface area (Å²) in [4.78, 5) is 13.6. The molecule has 6 heteroatoms. The Balaban J connectivity index is 2.38. The van der Waals surface area contributed by atoms with E-state index in [0.29, 0.717) is 13.1 Å². The number of hydrogen-bond acceptors (Lipinski definition) is 4. The second-order valence-corrected chi connectivity index (χ2v) is 7.11. The molecule has 1 atom stereocenters. The Bertz CT molecular complexity index is 366. The average Bonchev–Trinajstić information content (AvgIpc) is 2.33. The molecule has 18 heavy (non-hydrogen) atoms. The van der Waals surface area contributed by atoms with Crippen LogP contribution in [0.1, 0.15) is 32.6 Å². The molecule has 0 aromatic carbocycles. The highest BCUT2D eigenvalue weighted by molar-refractivity contribution is 7.90. The van der Waals surface area contributed by atoms with Gasteiger partial charge >= 0.3 is 0 Å². The predicted octanol–water partition coefficient (Wildman–Crippen LogP) is 0.839. The molecule has 1 rings (SSSR count). The Morgan fingerprint density at radius 3 is 2.78 bits per heavy atom. The first-order valence-corrected chi connectivity index (χ1v) is 8.55. The molecule has 106 valence electrons. The van der Waals surface area contributed by atoms with Crippen LogP contribution in [0.4, 0.5) is 0 Å². The maximum Gasteiger partial charge on any atom is 0.223 e. The Hall–Kier alpha value is -0.620. The first kappa shape index (κ1) is 15.4. The minimum atomic E-state index is -3.06. The van der Waals surface area contributed by atoms with Crippen molar-refractivity contribution in [3.05, 3.63) is 0 Å². The zero-order chi connectivity index (χ0) is 13.6. The molecule has 0 radical (unpaired) electrons. The highest BCUT2D eigenvalue weighted by Gasteiger charge is 2.24. The van der Waals surface area contributed by atoms with Gasteiger partial charge in [0.2, 0.25) is 5.91 Å². The van der Waals surface area contributed by atoms with Crippen LogP contribution in [0.3, 0.4) is 0 Å². The summed E-state index contributed by atoms with van der Waals surface area (Å²) in [5, 5.41) is 0. The summed E-state index contributed by atoms with van der Waals surface area (Å²) in [6.07, 6.45) is 4.23. The van der Waals surface area contributed by atoms with Gasteiger partial charge in [-0.15, -0.1) is 0 Å². The summed E-state index contributed by atoms with van der Waals surface area (Å²) in [6.45, 7) is 4.09. The molecule has 1 unspecified atom stereocenters. The summed E-state index contributed by atoms with van der Waals surface area (Å²) in [5.41, 5.74) is 0. The first-order chi connectivity index (χ1) is 8.42. The van der Waals surface area contributed by atoms with Gasteiger partial charge in [0.1, 0.15) is 9.84 Å². The molecular weight excluding hydrogens is 254 g/mol. The van der Waals surface area contributed by atoms with Crippen LogP contribution in [0.5, 0.6) is 0 Å². The van der Waals surface area contributed by atoms with Crippen molar-refractivity contribution in [3.8, 4) is 0 Å².